The fraction of sp³-hybridized carbons (Fsp3) is 0.318. The van der Waals surface area contributed by atoms with Crippen molar-refractivity contribution in [2.24, 2.45) is 5.92 Å². The highest BCUT2D eigenvalue weighted by Gasteiger charge is 2.37. The Labute approximate surface area is 173 Å². The van der Waals surface area contributed by atoms with Gasteiger partial charge in [-0.15, -0.1) is 0 Å². The molecule has 2 aromatic carbocycles. The van der Waals surface area contributed by atoms with E-state index in [1.54, 1.807) is 23.1 Å². The smallest absolute Gasteiger partial charge is 0.312 e. The number of anilines is 2. The molecule has 8 nitrogen and oxygen atoms in total. The van der Waals surface area contributed by atoms with Gasteiger partial charge < -0.3 is 24.4 Å². The molecular weight excluding hydrogens is 388 g/mol. The van der Waals surface area contributed by atoms with E-state index < -0.39 is 23.9 Å². The van der Waals surface area contributed by atoms with Gasteiger partial charge >= 0.3 is 5.97 Å². The lowest BCUT2D eigenvalue weighted by Crippen LogP contribution is -2.33. The third-order valence-electron chi connectivity index (χ3n) is 5.11. The number of nitrogens with zero attached hydrogens (tertiary/aromatic N) is 1. The topological polar surface area (TPSA) is 94.2 Å². The maximum atomic E-state index is 12.5. The SMILES string of the molecule is Cc1ccc(N2C[C@H](C(=O)O[C@@H](C)C(=O)Nc3ccc4c(c3)OCO4)CC2=O)cc1. The van der Waals surface area contributed by atoms with Gasteiger partial charge in [-0.05, 0) is 38.1 Å². The molecule has 1 N–H and O–H groups in total. The van der Waals surface area contributed by atoms with Crippen LogP contribution in [0.15, 0.2) is 42.5 Å². The van der Waals surface area contributed by atoms with Crippen LogP contribution in [0.2, 0.25) is 0 Å². The molecule has 8 heteroatoms. The molecule has 0 aliphatic carbocycles. The van der Waals surface area contributed by atoms with E-state index in [0.29, 0.717) is 17.2 Å². The predicted molar refractivity (Wildman–Crippen MR) is 108 cm³/mol. The number of esters is 1. The first kappa shape index (κ1) is 19.8. The molecule has 156 valence electrons. The van der Waals surface area contributed by atoms with Gasteiger partial charge in [-0.1, -0.05) is 17.7 Å². The van der Waals surface area contributed by atoms with Crippen LogP contribution in [-0.4, -0.2) is 37.2 Å². The van der Waals surface area contributed by atoms with E-state index in [1.165, 1.54) is 6.92 Å². The lowest BCUT2D eigenvalue weighted by atomic mass is 10.1. The van der Waals surface area contributed by atoms with E-state index in [-0.39, 0.29) is 25.7 Å². The number of hydrogen-bond donors (Lipinski definition) is 1. The number of rotatable bonds is 5. The molecule has 2 heterocycles. The van der Waals surface area contributed by atoms with Gasteiger partial charge in [0, 0.05) is 30.4 Å². The van der Waals surface area contributed by atoms with E-state index in [1.807, 2.05) is 31.2 Å². The molecule has 0 aromatic heterocycles. The van der Waals surface area contributed by atoms with Crippen molar-refractivity contribution in [1.82, 2.24) is 0 Å². The Morgan fingerprint density at radius 2 is 1.87 bits per heavy atom. The van der Waals surface area contributed by atoms with Gasteiger partial charge in [0.05, 0.1) is 5.92 Å². The van der Waals surface area contributed by atoms with Crippen LogP contribution in [-0.2, 0) is 19.1 Å². The summed E-state index contributed by atoms with van der Waals surface area (Å²) in [6, 6.07) is 12.5. The number of aryl methyl sites for hydroxylation is 1. The highest BCUT2D eigenvalue weighted by Crippen LogP contribution is 2.34. The number of hydrogen-bond acceptors (Lipinski definition) is 6. The Hall–Kier alpha value is -3.55. The average molecular weight is 410 g/mol. The standard InChI is InChI=1S/C22H22N2O6/c1-13-3-6-17(7-4-13)24-11-15(9-20(24)25)22(27)30-14(2)21(26)23-16-5-8-18-19(10-16)29-12-28-18/h3-8,10,14-15H,9,11-12H2,1-2H3,(H,23,26)/t14-,15+/m0/s1. The molecule has 30 heavy (non-hydrogen) atoms. The van der Waals surface area contributed by atoms with Crippen LogP contribution in [0, 0.1) is 12.8 Å². The summed E-state index contributed by atoms with van der Waals surface area (Å²) in [4.78, 5) is 38.8. The molecule has 2 aliphatic rings. The molecule has 2 aliphatic heterocycles. The van der Waals surface area contributed by atoms with E-state index in [9.17, 15) is 14.4 Å². The molecule has 2 aromatic rings. The van der Waals surface area contributed by atoms with Crippen LogP contribution in [0.25, 0.3) is 0 Å². The first-order chi connectivity index (χ1) is 14.4. The molecule has 0 unspecified atom stereocenters. The molecule has 0 bridgehead atoms. The second-order valence-corrected chi connectivity index (χ2v) is 7.38. The molecule has 0 saturated carbocycles. The van der Waals surface area contributed by atoms with Crippen LogP contribution in [0.1, 0.15) is 18.9 Å². The Balaban J connectivity index is 1.33. The fourth-order valence-corrected chi connectivity index (χ4v) is 3.38. The Kier molecular flexibility index (Phi) is 5.31. The first-order valence-corrected chi connectivity index (χ1v) is 9.69. The summed E-state index contributed by atoms with van der Waals surface area (Å²) in [6.07, 6.45) is -0.949. The van der Waals surface area contributed by atoms with Crippen LogP contribution >= 0.6 is 0 Å². The second kappa shape index (κ2) is 8.06. The molecule has 4 rings (SSSR count). The van der Waals surface area contributed by atoms with Crippen molar-refractivity contribution in [3.8, 4) is 11.5 Å². The maximum Gasteiger partial charge on any atom is 0.312 e. The zero-order chi connectivity index (χ0) is 21.3. The second-order valence-electron chi connectivity index (χ2n) is 7.38. The number of benzene rings is 2. The number of amides is 2. The highest BCUT2D eigenvalue weighted by atomic mass is 16.7. The van der Waals surface area contributed by atoms with Crippen molar-refractivity contribution < 1.29 is 28.6 Å². The maximum absolute atomic E-state index is 12.5. The lowest BCUT2D eigenvalue weighted by molar-refractivity contribution is -0.157. The summed E-state index contributed by atoms with van der Waals surface area (Å²) in [5.74, 6) is -0.638. The monoisotopic (exact) mass is 410 g/mol. The highest BCUT2D eigenvalue weighted by molar-refractivity contribution is 6.00. The van der Waals surface area contributed by atoms with Crippen LogP contribution < -0.4 is 19.7 Å². The largest absolute Gasteiger partial charge is 0.454 e. The fourth-order valence-electron chi connectivity index (χ4n) is 3.38. The number of carbonyl (C=O) groups excluding carboxylic acids is 3. The average Bonchev–Trinajstić information content (AvgIpc) is 3.34. The number of ether oxygens (including phenoxy) is 3. The van der Waals surface area contributed by atoms with E-state index in [4.69, 9.17) is 14.2 Å². The van der Waals surface area contributed by atoms with Crippen molar-refractivity contribution in [2.45, 2.75) is 26.4 Å². The van der Waals surface area contributed by atoms with Gasteiger partial charge in [-0.25, -0.2) is 0 Å². The normalized spacial score (nSPS) is 18.3. The molecule has 2 atom stereocenters. The summed E-state index contributed by atoms with van der Waals surface area (Å²) in [5.41, 5.74) is 2.34. The Morgan fingerprint density at radius 1 is 1.13 bits per heavy atom. The van der Waals surface area contributed by atoms with Gasteiger partial charge in [0.15, 0.2) is 17.6 Å². The van der Waals surface area contributed by atoms with Crippen molar-refractivity contribution in [2.75, 3.05) is 23.6 Å². The van der Waals surface area contributed by atoms with Gasteiger partial charge in [0.1, 0.15) is 0 Å². The number of fused-ring (bicyclic) bond motifs is 1. The van der Waals surface area contributed by atoms with E-state index in [0.717, 1.165) is 11.3 Å². The quantitative estimate of drug-likeness (QED) is 0.762. The van der Waals surface area contributed by atoms with Gasteiger partial charge in [-0.3, -0.25) is 14.4 Å². The summed E-state index contributed by atoms with van der Waals surface area (Å²) < 4.78 is 15.8. The van der Waals surface area contributed by atoms with Crippen molar-refractivity contribution in [3.63, 3.8) is 0 Å². The minimum Gasteiger partial charge on any atom is -0.454 e. The molecule has 1 fully saturated rings. The lowest BCUT2D eigenvalue weighted by Gasteiger charge is -2.18. The van der Waals surface area contributed by atoms with E-state index >= 15 is 0 Å². The molecular formula is C22H22N2O6. The van der Waals surface area contributed by atoms with Gasteiger partial charge in [0.25, 0.3) is 5.91 Å². The molecule has 0 radical (unpaired) electrons. The number of carbonyl (C=O) groups is 3. The minimum atomic E-state index is -1.01. The third kappa shape index (κ3) is 4.07. The van der Waals surface area contributed by atoms with Gasteiger partial charge in [-0.2, -0.15) is 0 Å². The summed E-state index contributed by atoms with van der Waals surface area (Å²) in [7, 11) is 0. The Morgan fingerprint density at radius 3 is 2.63 bits per heavy atom. The third-order valence-corrected chi connectivity index (χ3v) is 5.11. The minimum absolute atomic E-state index is 0.0587. The summed E-state index contributed by atoms with van der Waals surface area (Å²) in [6.45, 7) is 3.83. The van der Waals surface area contributed by atoms with Crippen LogP contribution in [0.3, 0.4) is 0 Å². The predicted octanol–water partition coefficient (Wildman–Crippen LogP) is 2.65. The first-order valence-electron chi connectivity index (χ1n) is 9.69. The summed E-state index contributed by atoms with van der Waals surface area (Å²) in [5, 5.41) is 2.69. The number of nitrogens with one attached hydrogen (secondary N) is 1. The molecule has 0 spiro atoms. The van der Waals surface area contributed by atoms with Crippen molar-refractivity contribution >= 4 is 29.2 Å². The zero-order valence-electron chi connectivity index (χ0n) is 16.7. The van der Waals surface area contributed by atoms with Crippen molar-refractivity contribution in [1.29, 1.82) is 0 Å². The zero-order valence-corrected chi connectivity index (χ0v) is 16.7. The van der Waals surface area contributed by atoms with Crippen LogP contribution in [0.5, 0.6) is 11.5 Å². The van der Waals surface area contributed by atoms with Crippen molar-refractivity contribution in [3.05, 3.63) is 48.0 Å². The Bertz CT molecular complexity index is 988. The molecule has 1 saturated heterocycles. The van der Waals surface area contributed by atoms with Gasteiger partial charge in [0.2, 0.25) is 12.7 Å². The van der Waals surface area contributed by atoms with E-state index in [2.05, 4.69) is 5.32 Å². The van der Waals surface area contributed by atoms with Crippen LogP contribution in [0.4, 0.5) is 11.4 Å². The summed E-state index contributed by atoms with van der Waals surface area (Å²) >= 11 is 0. The molecule has 2 amide bonds.